The number of carbonyl (C=O) groups excluding carboxylic acids is 3. The van der Waals surface area contributed by atoms with E-state index in [1.807, 2.05) is 0 Å². The van der Waals surface area contributed by atoms with Gasteiger partial charge in [0.05, 0.1) is 0 Å². The first-order valence-corrected chi connectivity index (χ1v) is 8.50. The minimum atomic E-state index is -1.18. The molecule has 26 heavy (non-hydrogen) atoms. The highest BCUT2D eigenvalue weighted by atomic mass is 16.4. The average Bonchev–Trinajstić information content (AvgIpc) is 2.65. The van der Waals surface area contributed by atoms with Crippen molar-refractivity contribution in [2.45, 2.75) is 25.8 Å². The van der Waals surface area contributed by atoms with Gasteiger partial charge in [0.1, 0.15) is 6.04 Å². The third-order valence-electron chi connectivity index (χ3n) is 4.36. The lowest BCUT2D eigenvalue weighted by Gasteiger charge is -2.34. The zero-order valence-electron chi connectivity index (χ0n) is 14.7. The van der Waals surface area contributed by atoms with Crippen molar-refractivity contribution in [1.82, 2.24) is 15.1 Å². The number of piperazine rings is 1. The van der Waals surface area contributed by atoms with Gasteiger partial charge in [0.2, 0.25) is 11.8 Å². The molecular formula is C18H23N3O5. The van der Waals surface area contributed by atoms with E-state index in [0.29, 0.717) is 31.7 Å². The summed E-state index contributed by atoms with van der Waals surface area (Å²) in [5, 5.41) is 11.8. The summed E-state index contributed by atoms with van der Waals surface area (Å²) in [5.41, 5.74) is 0.366. The molecule has 1 fully saturated rings. The van der Waals surface area contributed by atoms with Gasteiger partial charge in [0.25, 0.3) is 5.91 Å². The van der Waals surface area contributed by atoms with Crippen LogP contribution in [0.15, 0.2) is 30.3 Å². The molecule has 140 valence electrons. The fourth-order valence-electron chi connectivity index (χ4n) is 2.79. The number of carboxylic acid groups (broad SMARTS) is 1. The van der Waals surface area contributed by atoms with Gasteiger partial charge in [-0.05, 0) is 18.6 Å². The monoisotopic (exact) mass is 361 g/mol. The number of carboxylic acids is 1. The second kappa shape index (κ2) is 8.98. The van der Waals surface area contributed by atoms with Crippen LogP contribution < -0.4 is 5.32 Å². The fraction of sp³-hybridized carbons (Fsp3) is 0.444. The zero-order chi connectivity index (χ0) is 19.1. The number of hydrogen-bond donors (Lipinski definition) is 2. The van der Waals surface area contributed by atoms with Crippen LogP contribution in [0.1, 0.15) is 30.1 Å². The van der Waals surface area contributed by atoms with Gasteiger partial charge in [0.15, 0.2) is 0 Å². The smallest absolute Gasteiger partial charge is 0.326 e. The Labute approximate surface area is 151 Å². The van der Waals surface area contributed by atoms with Crippen molar-refractivity contribution in [3.05, 3.63) is 35.9 Å². The van der Waals surface area contributed by atoms with E-state index in [1.54, 1.807) is 40.1 Å². The molecule has 1 aliphatic heterocycles. The number of amides is 3. The van der Waals surface area contributed by atoms with Gasteiger partial charge in [-0.3, -0.25) is 14.4 Å². The molecule has 1 aromatic carbocycles. The third kappa shape index (κ3) is 5.30. The summed E-state index contributed by atoms with van der Waals surface area (Å²) in [4.78, 5) is 50.4. The van der Waals surface area contributed by atoms with Gasteiger partial charge in [-0.15, -0.1) is 0 Å². The maximum atomic E-state index is 12.3. The average molecular weight is 361 g/mol. The van der Waals surface area contributed by atoms with Gasteiger partial charge in [-0.1, -0.05) is 18.2 Å². The van der Waals surface area contributed by atoms with E-state index in [4.69, 9.17) is 0 Å². The van der Waals surface area contributed by atoms with Gasteiger partial charge in [0, 0.05) is 45.1 Å². The lowest BCUT2D eigenvalue weighted by atomic mass is 10.1. The van der Waals surface area contributed by atoms with Crippen molar-refractivity contribution in [1.29, 1.82) is 0 Å². The Morgan fingerprint density at radius 2 is 1.62 bits per heavy atom. The molecule has 1 aliphatic rings. The lowest BCUT2D eigenvalue weighted by Crippen LogP contribution is -2.50. The predicted octanol–water partition coefficient (Wildman–Crippen LogP) is 0.341. The maximum absolute atomic E-state index is 12.3. The van der Waals surface area contributed by atoms with Gasteiger partial charge in [-0.25, -0.2) is 4.79 Å². The summed E-state index contributed by atoms with van der Waals surface area (Å²) in [5.74, 6) is -1.86. The summed E-state index contributed by atoms with van der Waals surface area (Å²) in [6, 6.07) is 7.19. The Morgan fingerprint density at radius 1 is 1.04 bits per heavy atom. The molecule has 0 saturated carbocycles. The Hall–Kier alpha value is -2.90. The predicted molar refractivity (Wildman–Crippen MR) is 93.4 cm³/mol. The van der Waals surface area contributed by atoms with E-state index < -0.39 is 17.9 Å². The van der Waals surface area contributed by atoms with Crippen molar-refractivity contribution in [3.63, 3.8) is 0 Å². The molecule has 2 rings (SSSR count). The minimum Gasteiger partial charge on any atom is -0.480 e. The van der Waals surface area contributed by atoms with Crippen LogP contribution in [-0.2, 0) is 14.4 Å². The molecule has 0 unspecified atom stereocenters. The van der Waals surface area contributed by atoms with Crippen molar-refractivity contribution in [2.75, 3.05) is 26.2 Å². The van der Waals surface area contributed by atoms with Crippen molar-refractivity contribution >= 4 is 23.7 Å². The summed E-state index contributed by atoms with van der Waals surface area (Å²) in [7, 11) is 0. The van der Waals surface area contributed by atoms with Gasteiger partial charge in [-0.2, -0.15) is 0 Å². The molecule has 0 bridgehead atoms. The Morgan fingerprint density at radius 3 is 2.15 bits per heavy atom. The topological polar surface area (TPSA) is 107 Å². The minimum absolute atomic E-state index is 0.0136. The van der Waals surface area contributed by atoms with Crippen LogP contribution in [0.4, 0.5) is 0 Å². The lowest BCUT2D eigenvalue weighted by molar-refractivity contribution is -0.141. The fourth-order valence-corrected chi connectivity index (χ4v) is 2.79. The first-order chi connectivity index (χ1) is 12.4. The number of carbonyl (C=O) groups is 4. The molecule has 0 aliphatic carbocycles. The molecule has 1 atom stereocenters. The summed E-state index contributed by atoms with van der Waals surface area (Å²) >= 11 is 0. The molecular weight excluding hydrogens is 338 g/mol. The molecule has 0 aromatic heterocycles. The van der Waals surface area contributed by atoms with E-state index in [0.717, 1.165) is 0 Å². The summed E-state index contributed by atoms with van der Waals surface area (Å²) < 4.78 is 0. The molecule has 8 nitrogen and oxygen atoms in total. The van der Waals surface area contributed by atoms with Crippen molar-refractivity contribution in [3.8, 4) is 0 Å². The van der Waals surface area contributed by atoms with E-state index in [9.17, 15) is 24.3 Å². The van der Waals surface area contributed by atoms with Gasteiger partial charge < -0.3 is 20.2 Å². The second-order valence-electron chi connectivity index (χ2n) is 6.16. The second-order valence-corrected chi connectivity index (χ2v) is 6.16. The number of nitrogens with one attached hydrogen (secondary N) is 1. The Kier molecular flexibility index (Phi) is 6.71. The van der Waals surface area contributed by atoms with Crippen LogP contribution in [0.2, 0.25) is 0 Å². The maximum Gasteiger partial charge on any atom is 0.326 e. The highest BCUT2D eigenvalue weighted by Gasteiger charge is 2.25. The van der Waals surface area contributed by atoms with Crippen molar-refractivity contribution in [2.24, 2.45) is 0 Å². The molecule has 0 radical (unpaired) electrons. The van der Waals surface area contributed by atoms with Crippen LogP contribution in [0.3, 0.4) is 0 Å². The van der Waals surface area contributed by atoms with E-state index in [-0.39, 0.29) is 24.7 Å². The van der Waals surface area contributed by atoms with Crippen LogP contribution in [0.25, 0.3) is 0 Å². The SMILES string of the molecule is CC(=O)N1CCN(C(=O)CC[C@H](NC(=O)c2ccccc2)C(=O)O)CC1. The van der Waals surface area contributed by atoms with Crippen LogP contribution in [-0.4, -0.2) is 70.8 Å². The number of hydrogen-bond acceptors (Lipinski definition) is 4. The number of nitrogens with zero attached hydrogens (tertiary/aromatic N) is 2. The Bertz CT molecular complexity index is 669. The van der Waals surface area contributed by atoms with E-state index in [1.165, 1.54) is 6.92 Å². The molecule has 0 spiro atoms. The highest BCUT2D eigenvalue weighted by molar-refractivity contribution is 5.96. The third-order valence-corrected chi connectivity index (χ3v) is 4.36. The first-order valence-electron chi connectivity index (χ1n) is 8.50. The van der Waals surface area contributed by atoms with Gasteiger partial charge >= 0.3 is 5.97 Å². The van der Waals surface area contributed by atoms with Crippen molar-refractivity contribution < 1.29 is 24.3 Å². The molecule has 2 N–H and O–H groups in total. The van der Waals surface area contributed by atoms with E-state index >= 15 is 0 Å². The standard InChI is InChI=1S/C18H23N3O5/c1-13(22)20-9-11-21(12-10-20)16(23)8-7-15(18(25)26)19-17(24)14-5-3-2-4-6-14/h2-6,15H,7-12H2,1H3,(H,19,24)(H,25,26)/t15-/m0/s1. The van der Waals surface area contributed by atoms with E-state index in [2.05, 4.69) is 5.32 Å². The van der Waals surface area contributed by atoms with Crippen LogP contribution >= 0.6 is 0 Å². The number of rotatable bonds is 6. The number of benzene rings is 1. The highest BCUT2D eigenvalue weighted by Crippen LogP contribution is 2.08. The summed E-state index contributed by atoms with van der Waals surface area (Å²) in [6.45, 7) is 3.33. The number of aliphatic carboxylic acids is 1. The molecule has 3 amide bonds. The van der Waals surface area contributed by atoms with Crippen LogP contribution in [0, 0.1) is 0 Å². The quantitative estimate of drug-likeness (QED) is 0.760. The summed E-state index contributed by atoms with van der Waals surface area (Å²) in [6.07, 6.45) is 0.0335. The zero-order valence-corrected chi connectivity index (χ0v) is 14.7. The largest absolute Gasteiger partial charge is 0.480 e. The molecule has 1 heterocycles. The normalized spacial score (nSPS) is 15.3. The molecule has 1 saturated heterocycles. The van der Waals surface area contributed by atoms with Crippen LogP contribution in [0.5, 0.6) is 0 Å². The Balaban J connectivity index is 1.84. The molecule has 1 aromatic rings. The first kappa shape index (κ1) is 19.4. The molecule has 8 heteroatoms.